The Morgan fingerprint density at radius 2 is 2.15 bits per heavy atom. The lowest BCUT2D eigenvalue weighted by Crippen LogP contribution is -2.51. The van der Waals surface area contributed by atoms with E-state index in [9.17, 15) is 5.26 Å². The summed E-state index contributed by atoms with van der Waals surface area (Å²) in [6.45, 7) is 4.21. The van der Waals surface area contributed by atoms with Gasteiger partial charge in [-0.3, -0.25) is 5.32 Å². The Labute approximate surface area is 130 Å². The van der Waals surface area contributed by atoms with E-state index in [2.05, 4.69) is 31.3 Å². The van der Waals surface area contributed by atoms with E-state index in [0.717, 1.165) is 22.1 Å². The summed E-state index contributed by atoms with van der Waals surface area (Å²) in [6.07, 6.45) is 2.33. The minimum Gasteiger partial charge on any atom is -0.296 e. The van der Waals surface area contributed by atoms with Crippen molar-refractivity contribution in [1.29, 1.82) is 5.26 Å². The van der Waals surface area contributed by atoms with Gasteiger partial charge in [0.1, 0.15) is 5.54 Å². The van der Waals surface area contributed by atoms with E-state index in [1.54, 1.807) is 11.8 Å². The summed E-state index contributed by atoms with van der Waals surface area (Å²) in [6, 6.07) is 10.8. The highest BCUT2D eigenvalue weighted by atomic mass is 35.5. The molecule has 0 radical (unpaired) electrons. The van der Waals surface area contributed by atoms with E-state index in [1.807, 2.05) is 18.2 Å². The van der Waals surface area contributed by atoms with Gasteiger partial charge in [0, 0.05) is 22.6 Å². The zero-order chi connectivity index (χ0) is 14.6. The summed E-state index contributed by atoms with van der Waals surface area (Å²) in [5, 5.41) is 13.9. The quantitative estimate of drug-likeness (QED) is 0.818. The molecule has 0 heterocycles. The molecular formula is C16H21ClN2S. The molecule has 4 heteroatoms. The van der Waals surface area contributed by atoms with Crippen LogP contribution in [0.25, 0.3) is 0 Å². The Hall–Kier alpha value is -0.690. The minimum absolute atomic E-state index is 0.330. The highest BCUT2D eigenvalue weighted by Crippen LogP contribution is 2.42. The van der Waals surface area contributed by atoms with Crippen molar-refractivity contribution >= 4 is 23.4 Å². The van der Waals surface area contributed by atoms with Crippen LogP contribution in [0.15, 0.2) is 24.3 Å². The maximum atomic E-state index is 9.64. The van der Waals surface area contributed by atoms with Crippen LogP contribution in [0.1, 0.15) is 32.3 Å². The molecule has 1 N–H and O–H groups in total. The van der Waals surface area contributed by atoms with Crippen LogP contribution in [-0.4, -0.2) is 17.3 Å². The van der Waals surface area contributed by atoms with Crippen molar-refractivity contribution in [3.05, 3.63) is 34.9 Å². The van der Waals surface area contributed by atoms with Crippen LogP contribution in [0, 0.1) is 17.2 Å². The molecule has 1 aliphatic carbocycles. The van der Waals surface area contributed by atoms with Crippen molar-refractivity contribution in [3.63, 3.8) is 0 Å². The van der Waals surface area contributed by atoms with E-state index >= 15 is 0 Å². The van der Waals surface area contributed by atoms with E-state index < -0.39 is 0 Å². The lowest BCUT2D eigenvalue weighted by molar-refractivity contribution is 0.370. The fourth-order valence-electron chi connectivity index (χ4n) is 2.46. The van der Waals surface area contributed by atoms with Crippen LogP contribution in [-0.2, 0) is 5.75 Å². The second kappa shape index (κ2) is 6.85. The number of nitrogens with zero attached hydrogens (tertiary/aromatic N) is 1. The predicted octanol–water partition coefficient (Wildman–Crippen LogP) is 4.24. The molecule has 0 bridgehead atoms. The monoisotopic (exact) mass is 308 g/mol. The van der Waals surface area contributed by atoms with Crippen LogP contribution in [0.4, 0.5) is 0 Å². The number of hydrogen-bond acceptors (Lipinski definition) is 3. The smallest absolute Gasteiger partial charge is 0.118 e. The molecular weight excluding hydrogens is 288 g/mol. The number of nitriles is 1. The van der Waals surface area contributed by atoms with Crippen LogP contribution in [0.2, 0.25) is 5.02 Å². The van der Waals surface area contributed by atoms with Gasteiger partial charge in [0.2, 0.25) is 0 Å². The first-order valence-electron chi connectivity index (χ1n) is 7.07. The van der Waals surface area contributed by atoms with Gasteiger partial charge in [-0.05, 0) is 44.2 Å². The van der Waals surface area contributed by atoms with Crippen LogP contribution in [0.5, 0.6) is 0 Å². The zero-order valence-electron chi connectivity index (χ0n) is 12.0. The molecule has 0 spiro atoms. The fourth-order valence-corrected chi connectivity index (χ4v) is 4.02. The van der Waals surface area contributed by atoms with Crippen molar-refractivity contribution in [2.45, 2.75) is 44.0 Å². The van der Waals surface area contributed by atoms with Gasteiger partial charge in [-0.1, -0.05) is 29.8 Å². The summed E-state index contributed by atoms with van der Waals surface area (Å²) in [7, 11) is 0. The number of benzene rings is 1. The Kier molecular flexibility index (Phi) is 5.37. The van der Waals surface area contributed by atoms with Crippen molar-refractivity contribution in [1.82, 2.24) is 5.32 Å². The highest BCUT2D eigenvalue weighted by Gasteiger charge is 2.45. The summed E-state index contributed by atoms with van der Waals surface area (Å²) in [4.78, 5) is 0. The van der Waals surface area contributed by atoms with Crippen molar-refractivity contribution in [3.8, 4) is 6.07 Å². The number of hydrogen-bond donors (Lipinski definition) is 1. The molecule has 1 aromatic carbocycles. The van der Waals surface area contributed by atoms with Gasteiger partial charge in [-0.2, -0.15) is 17.0 Å². The Morgan fingerprint density at radius 3 is 2.70 bits per heavy atom. The molecule has 2 rings (SSSR count). The number of thioether (sulfide) groups is 1. The zero-order valence-corrected chi connectivity index (χ0v) is 13.6. The third-order valence-corrected chi connectivity index (χ3v) is 5.11. The van der Waals surface area contributed by atoms with E-state index in [1.165, 1.54) is 12.8 Å². The summed E-state index contributed by atoms with van der Waals surface area (Å²) in [5.41, 5.74) is 0.770. The van der Waals surface area contributed by atoms with Crippen LogP contribution in [0.3, 0.4) is 0 Å². The topological polar surface area (TPSA) is 35.8 Å². The normalized spacial score (nSPS) is 17.8. The number of rotatable bonds is 7. The first kappa shape index (κ1) is 15.7. The summed E-state index contributed by atoms with van der Waals surface area (Å²) < 4.78 is 0. The second-order valence-corrected chi connectivity index (χ2v) is 7.13. The first-order valence-corrected chi connectivity index (χ1v) is 8.61. The van der Waals surface area contributed by atoms with Gasteiger partial charge in [-0.15, -0.1) is 0 Å². The molecule has 20 heavy (non-hydrogen) atoms. The van der Waals surface area contributed by atoms with Gasteiger partial charge in [0.15, 0.2) is 0 Å². The Bertz CT molecular complexity index is 493. The van der Waals surface area contributed by atoms with E-state index in [4.69, 9.17) is 11.6 Å². The van der Waals surface area contributed by atoms with E-state index in [-0.39, 0.29) is 5.54 Å². The largest absolute Gasteiger partial charge is 0.296 e. The molecule has 0 aromatic heterocycles. The average molecular weight is 309 g/mol. The molecule has 1 fully saturated rings. The maximum absolute atomic E-state index is 9.64. The van der Waals surface area contributed by atoms with Crippen molar-refractivity contribution < 1.29 is 0 Å². The minimum atomic E-state index is -0.375. The molecule has 1 aliphatic rings. The van der Waals surface area contributed by atoms with Crippen LogP contribution >= 0.6 is 23.4 Å². The lowest BCUT2D eigenvalue weighted by Gasteiger charge is -2.30. The van der Waals surface area contributed by atoms with E-state index in [0.29, 0.717) is 12.0 Å². The van der Waals surface area contributed by atoms with Gasteiger partial charge >= 0.3 is 0 Å². The third-order valence-electron chi connectivity index (χ3n) is 3.57. The highest BCUT2D eigenvalue weighted by molar-refractivity contribution is 7.98. The summed E-state index contributed by atoms with van der Waals surface area (Å²) >= 11 is 7.97. The molecule has 2 nitrogen and oxygen atoms in total. The molecule has 0 aliphatic heterocycles. The second-order valence-electron chi connectivity index (χ2n) is 5.74. The Morgan fingerprint density at radius 1 is 1.45 bits per heavy atom. The molecule has 108 valence electrons. The van der Waals surface area contributed by atoms with Gasteiger partial charge in [-0.25, -0.2) is 0 Å². The standard InChI is InChI=1S/C16H21ClN2S/c1-12(2)19-16(10-18,14-7-8-14)11-20-9-13-5-3-4-6-15(13)17/h3-6,12,14,19H,7-9,11H2,1-2H3. The lowest BCUT2D eigenvalue weighted by atomic mass is 9.96. The van der Waals surface area contributed by atoms with Crippen molar-refractivity contribution in [2.24, 2.45) is 5.92 Å². The van der Waals surface area contributed by atoms with Gasteiger partial charge < -0.3 is 0 Å². The maximum Gasteiger partial charge on any atom is 0.118 e. The SMILES string of the molecule is CC(C)NC(C#N)(CSCc1ccccc1Cl)C1CC1. The third kappa shape index (κ3) is 3.91. The molecule has 1 aromatic rings. The van der Waals surface area contributed by atoms with Crippen LogP contribution < -0.4 is 5.32 Å². The Balaban J connectivity index is 1.96. The van der Waals surface area contributed by atoms with Gasteiger partial charge in [0.05, 0.1) is 6.07 Å². The average Bonchev–Trinajstić information content (AvgIpc) is 3.24. The first-order chi connectivity index (χ1) is 9.57. The van der Waals surface area contributed by atoms with Crippen molar-refractivity contribution in [2.75, 3.05) is 5.75 Å². The predicted molar refractivity (Wildman–Crippen MR) is 87.0 cm³/mol. The van der Waals surface area contributed by atoms with Gasteiger partial charge in [0.25, 0.3) is 0 Å². The summed E-state index contributed by atoms with van der Waals surface area (Å²) in [5.74, 6) is 2.18. The number of halogens is 1. The molecule has 1 unspecified atom stereocenters. The molecule has 0 saturated heterocycles. The molecule has 1 saturated carbocycles. The molecule has 1 atom stereocenters. The fraction of sp³-hybridized carbons (Fsp3) is 0.562. The molecule has 0 amide bonds. The number of nitrogens with one attached hydrogen (secondary N) is 1.